The molecule has 1 amide bonds. The zero-order valence-electron chi connectivity index (χ0n) is 15.7. The SMILES string of the molecule is CC#CCOc1ccc(S(=O)(=O)NC(CC)C(=O)NSCCC(C)O)cc1. The van der Waals surface area contributed by atoms with E-state index in [4.69, 9.17) is 4.74 Å². The number of ether oxygens (including phenoxy) is 1. The summed E-state index contributed by atoms with van der Waals surface area (Å²) in [5.74, 6) is 6.08. The minimum atomic E-state index is -3.85. The van der Waals surface area contributed by atoms with Crippen molar-refractivity contribution in [2.24, 2.45) is 0 Å². The van der Waals surface area contributed by atoms with Gasteiger partial charge in [-0.2, -0.15) is 4.72 Å². The van der Waals surface area contributed by atoms with Crippen LogP contribution in [0.1, 0.15) is 33.6 Å². The first-order valence-electron chi connectivity index (χ1n) is 8.54. The van der Waals surface area contributed by atoms with Gasteiger partial charge in [-0.25, -0.2) is 8.42 Å². The van der Waals surface area contributed by atoms with Crippen LogP contribution < -0.4 is 14.2 Å². The maximum absolute atomic E-state index is 12.5. The van der Waals surface area contributed by atoms with Crippen molar-refractivity contribution in [3.63, 3.8) is 0 Å². The molecule has 0 aliphatic heterocycles. The molecule has 27 heavy (non-hydrogen) atoms. The van der Waals surface area contributed by atoms with Crippen LogP contribution in [0.15, 0.2) is 29.2 Å². The van der Waals surface area contributed by atoms with Gasteiger partial charge in [0.1, 0.15) is 18.4 Å². The molecule has 0 saturated heterocycles. The fraction of sp³-hybridized carbons (Fsp3) is 0.500. The smallest absolute Gasteiger partial charge is 0.247 e. The van der Waals surface area contributed by atoms with Gasteiger partial charge >= 0.3 is 0 Å². The van der Waals surface area contributed by atoms with Crippen LogP contribution >= 0.6 is 11.9 Å². The normalized spacial score (nSPS) is 13.2. The molecular weight excluding hydrogens is 388 g/mol. The van der Waals surface area contributed by atoms with Gasteiger partial charge in [-0.1, -0.05) is 24.8 Å². The summed E-state index contributed by atoms with van der Waals surface area (Å²) in [6.07, 6.45) is 0.390. The highest BCUT2D eigenvalue weighted by Crippen LogP contribution is 2.16. The Labute approximate surface area is 165 Å². The van der Waals surface area contributed by atoms with E-state index < -0.39 is 28.1 Å². The predicted molar refractivity (Wildman–Crippen MR) is 107 cm³/mol. The molecule has 2 unspecified atom stereocenters. The van der Waals surface area contributed by atoms with E-state index in [0.29, 0.717) is 24.3 Å². The van der Waals surface area contributed by atoms with Crippen LogP contribution in [0.4, 0.5) is 0 Å². The lowest BCUT2D eigenvalue weighted by molar-refractivity contribution is -0.120. The summed E-state index contributed by atoms with van der Waals surface area (Å²) in [6, 6.07) is 5.03. The van der Waals surface area contributed by atoms with Gasteiger partial charge in [0, 0.05) is 5.75 Å². The first kappa shape index (κ1) is 23.3. The van der Waals surface area contributed by atoms with E-state index >= 15 is 0 Å². The van der Waals surface area contributed by atoms with Crippen LogP contribution in [-0.2, 0) is 14.8 Å². The van der Waals surface area contributed by atoms with Gasteiger partial charge in [0.05, 0.1) is 11.0 Å². The quantitative estimate of drug-likeness (QED) is 0.289. The van der Waals surface area contributed by atoms with Gasteiger partial charge in [-0.05, 0) is 51.0 Å². The number of hydrogen-bond donors (Lipinski definition) is 3. The Morgan fingerprint density at radius 3 is 2.56 bits per heavy atom. The van der Waals surface area contributed by atoms with Crippen LogP contribution in [0, 0.1) is 11.8 Å². The van der Waals surface area contributed by atoms with Crippen LogP contribution in [0.2, 0.25) is 0 Å². The zero-order chi connectivity index (χ0) is 20.3. The highest BCUT2D eigenvalue weighted by Gasteiger charge is 2.24. The standard InChI is InChI=1S/C18H26N2O5S2/c1-4-6-12-25-15-7-9-16(10-8-15)27(23,24)20-17(5-2)18(22)19-26-13-11-14(3)21/h7-10,14,17,20-21H,5,11-13H2,1-3H3,(H,19,22). The minimum absolute atomic E-state index is 0.0458. The van der Waals surface area contributed by atoms with Crippen molar-refractivity contribution in [3.8, 4) is 17.6 Å². The fourth-order valence-corrected chi connectivity index (χ4v) is 4.03. The topological polar surface area (TPSA) is 105 Å². The van der Waals surface area contributed by atoms with Gasteiger partial charge in [0.2, 0.25) is 15.9 Å². The van der Waals surface area contributed by atoms with Crippen molar-refractivity contribution in [1.82, 2.24) is 9.44 Å². The molecule has 1 aromatic rings. The minimum Gasteiger partial charge on any atom is -0.481 e. The summed E-state index contributed by atoms with van der Waals surface area (Å²) < 4.78 is 35.4. The lowest BCUT2D eigenvalue weighted by Crippen LogP contribution is -2.44. The molecule has 1 rings (SSSR count). The lowest BCUT2D eigenvalue weighted by Gasteiger charge is -2.17. The molecule has 150 valence electrons. The number of benzene rings is 1. The van der Waals surface area contributed by atoms with E-state index in [-0.39, 0.29) is 11.5 Å². The number of carbonyl (C=O) groups excluding carboxylic acids is 1. The summed E-state index contributed by atoms with van der Waals surface area (Å²) in [7, 11) is -3.85. The van der Waals surface area contributed by atoms with Gasteiger partial charge in [0.25, 0.3) is 0 Å². The van der Waals surface area contributed by atoms with Crippen LogP contribution in [0.3, 0.4) is 0 Å². The molecule has 0 bridgehead atoms. The second kappa shape index (κ2) is 11.9. The van der Waals surface area contributed by atoms with Crippen LogP contribution in [0.25, 0.3) is 0 Å². The molecule has 0 heterocycles. The van der Waals surface area contributed by atoms with E-state index in [1.54, 1.807) is 32.9 Å². The summed E-state index contributed by atoms with van der Waals surface area (Å²) >= 11 is 1.14. The molecular formula is C18H26N2O5S2. The molecule has 0 aromatic heterocycles. The lowest BCUT2D eigenvalue weighted by atomic mass is 10.2. The summed E-state index contributed by atoms with van der Waals surface area (Å²) in [5, 5.41) is 9.20. The first-order chi connectivity index (χ1) is 12.8. The Morgan fingerprint density at radius 1 is 1.33 bits per heavy atom. The number of rotatable bonds is 11. The maximum atomic E-state index is 12.5. The van der Waals surface area contributed by atoms with Crippen molar-refractivity contribution >= 4 is 27.9 Å². The van der Waals surface area contributed by atoms with Crippen molar-refractivity contribution in [1.29, 1.82) is 0 Å². The Kier molecular flexibility index (Phi) is 10.3. The number of aliphatic hydroxyl groups is 1. The Morgan fingerprint density at radius 2 is 2.00 bits per heavy atom. The maximum Gasteiger partial charge on any atom is 0.247 e. The summed E-state index contributed by atoms with van der Waals surface area (Å²) in [5.41, 5.74) is 0. The van der Waals surface area contributed by atoms with Crippen molar-refractivity contribution in [2.45, 2.75) is 50.7 Å². The van der Waals surface area contributed by atoms with Crippen molar-refractivity contribution < 1.29 is 23.1 Å². The summed E-state index contributed by atoms with van der Waals surface area (Å²) in [6.45, 7) is 5.32. The molecule has 2 atom stereocenters. The fourth-order valence-electron chi connectivity index (χ4n) is 1.91. The zero-order valence-corrected chi connectivity index (χ0v) is 17.3. The number of carbonyl (C=O) groups is 1. The monoisotopic (exact) mass is 414 g/mol. The largest absolute Gasteiger partial charge is 0.481 e. The molecule has 0 fully saturated rings. The van der Waals surface area contributed by atoms with Crippen molar-refractivity contribution in [2.75, 3.05) is 12.4 Å². The Bertz CT molecular complexity index is 752. The number of hydrogen-bond acceptors (Lipinski definition) is 6. The van der Waals surface area contributed by atoms with Crippen LogP contribution in [-0.4, -0.2) is 43.9 Å². The highest BCUT2D eigenvalue weighted by molar-refractivity contribution is 7.97. The first-order valence-corrected chi connectivity index (χ1v) is 11.0. The van der Waals surface area contributed by atoms with Gasteiger partial charge in [-0.3, -0.25) is 9.52 Å². The molecule has 3 N–H and O–H groups in total. The molecule has 0 spiro atoms. The highest BCUT2D eigenvalue weighted by atomic mass is 32.2. The second-order valence-electron chi connectivity index (χ2n) is 5.72. The molecule has 0 aliphatic rings. The number of aliphatic hydroxyl groups excluding tert-OH is 1. The molecule has 0 radical (unpaired) electrons. The Hall–Kier alpha value is -1.73. The third-order valence-electron chi connectivity index (χ3n) is 3.45. The van der Waals surface area contributed by atoms with Crippen LogP contribution in [0.5, 0.6) is 5.75 Å². The predicted octanol–water partition coefficient (Wildman–Crippen LogP) is 1.68. The molecule has 1 aromatic carbocycles. The van der Waals surface area contributed by atoms with Gasteiger partial charge < -0.3 is 9.84 Å². The number of nitrogens with one attached hydrogen (secondary N) is 2. The van der Waals surface area contributed by atoms with E-state index in [1.165, 1.54) is 12.1 Å². The van der Waals surface area contributed by atoms with E-state index in [0.717, 1.165) is 11.9 Å². The Balaban J connectivity index is 2.66. The van der Waals surface area contributed by atoms with E-state index in [1.807, 2.05) is 0 Å². The van der Waals surface area contributed by atoms with E-state index in [9.17, 15) is 18.3 Å². The average Bonchev–Trinajstić information content (AvgIpc) is 2.63. The van der Waals surface area contributed by atoms with Gasteiger partial charge in [0.15, 0.2) is 0 Å². The van der Waals surface area contributed by atoms with Crippen molar-refractivity contribution in [3.05, 3.63) is 24.3 Å². The third-order valence-corrected chi connectivity index (χ3v) is 5.73. The third kappa shape index (κ3) is 8.67. The van der Waals surface area contributed by atoms with E-state index in [2.05, 4.69) is 21.3 Å². The second-order valence-corrected chi connectivity index (χ2v) is 8.34. The van der Waals surface area contributed by atoms with Gasteiger partial charge in [-0.15, -0.1) is 5.92 Å². The number of sulfonamides is 1. The average molecular weight is 415 g/mol. The molecule has 7 nitrogen and oxygen atoms in total. The molecule has 0 saturated carbocycles. The molecule has 9 heteroatoms. The molecule has 0 aliphatic carbocycles. The number of amides is 1. The summed E-state index contributed by atoms with van der Waals surface area (Å²) in [4.78, 5) is 12.2.